The largest absolute Gasteiger partial charge is 0.251 e. The van der Waals surface area contributed by atoms with Gasteiger partial charge in [0.05, 0.1) is 6.07 Å². The van der Waals surface area contributed by atoms with Crippen molar-refractivity contribution in [2.75, 3.05) is 0 Å². The van der Waals surface area contributed by atoms with E-state index in [4.69, 9.17) is 5.26 Å². The smallest absolute Gasteiger partial charge is 0.206 e. The molecule has 16 heavy (non-hydrogen) atoms. The second-order valence-corrected chi connectivity index (χ2v) is 6.98. The Morgan fingerprint density at radius 3 is 2.75 bits per heavy atom. The van der Waals surface area contributed by atoms with Crippen LogP contribution in [0.15, 0.2) is 21.7 Å². The summed E-state index contributed by atoms with van der Waals surface area (Å²) in [6.45, 7) is 1.65. The van der Waals surface area contributed by atoms with Crippen LogP contribution in [0.4, 0.5) is 0 Å². The van der Waals surface area contributed by atoms with E-state index in [1.165, 1.54) is 6.07 Å². The van der Waals surface area contributed by atoms with E-state index in [1.54, 1.807) is 18.4 Å². The molecule has 1 aliphatic carbocycles. The Morgan fingerprint density at radius 2 is 2.31 bits per heavy atom. The number of rotatable bonds is 4. The van der Waals surface area contributed by atoms with Gasteiger partial charge >= 0.3 is 0 Å². The molecule has 1 aliphatic rings. The third kappa shape index (κ3) is 2.12. The van der Waals surface area contributed by atoms with Gasteiger partial charge in [-0.05, 0) is 37.1 Å². The minimum atomic E-state index is -3.55. The fourth-order valence-electron chi connectivity index (χ4n) is 1.60. The molecule has 86 valence electrons. The number of nitrogens with one attached hydrogen (secondary N) is 1. The van der Waals surface area contributed by atoms with Crippen LogP contribution < -0.4 is 4.72 Å². The number of sulfonamides is 1. The monoisotopic (exact) mass is 256 g/mol. The highest BCUT2D eigenvalue weighted by molar-refractivity contribution is 7.91. The minimum absolute atomic E-state index is 0.146. The zero-order valence-electron chi connectivity index (χ0n) is 8.80. The van der Waals surface area contributed by atoms with E-state index in [2.05, 4.69) is 10.8 Å². The Balaban J connectivity index is 2.24. The lowest BCUT2D eigenvalue weighted by atomic mass is 10.0. The molecule has 1 N–H and O–H groups in total. The fourth-order valence-corrected chi connectivity index (χ4v) is 3.98. The summed E-state index contributed by atoms with van der Waals surface area (Å²) in [4.78, 5) is 0. The zero-order valence-corrected chi connectivity index (χ0v) is 10.4. The van der Waals surface area contributed by atoms with E-state index in [-0.39, 0.29) is 10.1 Å². The van der Waals surface area contributed by atoms with E-state index < -0.39 is 15.6 Å². The van der Waals surface area contributed by atoms with Crippen LogP contribution in [-0.2, 0) is 10.0 Å². The van der Waals surface area contributed by atoms with Gasteiger partial charge in [0.2, 0.25) is 0 Å². The number of thiophene rings is 1. The van der Waals surface area contributed by atoms with E-state index in [9.17, 15) is 8.42 Å². The fraction of sp³-hybridized carbons (Fsp3) is 0.500. The lowest BCUT2D eigenvalue weighted by Crippen LogP contribution is -2.46. The van der Waals surface area contributed by atoms with Crippen molar-refractivity contribution in [2.24, 2.45) is 5.92 Å². The highest BCUT2D eigenvalue weighted by Crippen LogP contribution is 2.40. The molecule has 0 saturated heterocycles. The lowest BCUT2D eigenvalue weighted by Gasteiger charge is -2.21. The minimum Gasteiger partial charge on any atom is -0.206 e. The van der Waals surface area contributed by atoms with Gasteiger partial charge in [-0.25, -0.2) is 8.42 Å². The van der Waals surface area contributed by atoms with Crippen LogP contribution in [0.5, 0.6) is 0 Å². The molecule has 1 fully saturated rings. The third-order valence-corrected chi connectivity index (χ3v) is 5.70. The Morgan fingerprint density at radius 1 is 1.62 bits per heavy atom. The number of nitrogens with zero attached hydrogens (tertiary/aromatic N) is 1. The molecular formula is C10H12N2O2S2. The molecule has 1 aromatic heterocycles. The molecule has 1 saturated carbocycles. The number of hydrogen-bond acceptors (Lipinski definition) is 4. The molecule has 0 unspecified atom stereocenters. The van der Waals surface area contributed by atoms with Gasteiger partial charge in [-0.2, -0.15) is 9.98 Å². The van der Waals surface area contributed by atoms with Crippen molar-refractivity contribution < 1.29 is 8.42 Å². The standard InChI is InChI=1S/C10H12N2O2S2/c1-10(7-11,8-4-5-8)12-16(13,14)9-3-2-6-15-9/h2-3,6,8,12H,4-5H2,1H3/t10-/m0/s1. The molecule has 1 heterocycles. The van der Waals surface area contributed by atoms with Crippen LogP contribution >= 0.6 is 11.3 Å². The Bertz CT molecular complexity index is 512. The van der Waals surface area contributed by atoms with Crippen LogP contribution in [-0.4, -0.2) is 14.0 Å². The average molecular weight is 256 g/mol. The summed E-state index contributed by atoms with van der Waals surface area (Å²) < 4.78 is 26.7. The summed E-state index contributed by atoms with van der Waals surface area (Å²) in [6, 6.07) is 5.29. The molecule has 0 aromatic carbocycles. The van der Waals surface area contributed by atoms with Crippen molar-refractivity contribution in [1.29, 1.82) is 5.26 Å². The van der Waals surface area contributed by atoms with Crippen LogP contribution in [0.25, 0.3) is 0 Å². The van der Waals surface area contributed by atoms with E-state index in [0.29, 0.717) is 0 Å². The summed E-state index contributed by atoms with van der Waals surface area (Å²) in [5.41, 5.74) is -0.969. The maximum Gasteiger partial charge on any atom is 0.251 e. The van der Waals surface area contributed by atoms with Crippen molar-refractivity contribution in [2.45, 2.75) is 29.5 Å². The first kappa shape index (κ1) is 11.6. The molecule has 0 aliphatic heterocycles. The zero-order chi connectivity index (χ0) is 11.8. The second kappa shape index (κ2) is 3.84. The highest BCUT2D eigenvalue weighted by atomic mass is 32.2. The average Bonchev–Trinajstić information content (AvgIpc) is 2.93. The van der Waals surface area contributed by atoms with Gasteiger partial charge in [-0.1, -0.05) is 6.07 Å². The Labute approximate surface area is 99.0 Å². The maximum absolute atomic E-state index is 11.9. The van der Waals surface area contributed by atoms with Gasteiger partial charge in [0, 0.05) is 0 Å². The van der Waals surface area contributed by atoms with Gasteiger partial charge in [-0.3, -0.25) is 0 Å². The molecule has 1 aromatic rings. The Hall–Kier alpha value is -0.900. The molecule has 0 radical (unpaired) electrons. The first-order chi connectivity index (χ1) is 7.48. The quantitative estimate of drug-likeness (QED) is 0.891. The highest BCUT2D eigenvalue weighted by Gasteiger charge is 2.44. The molecule has 0 spiro atoms. The van der Waals surface area contributed by atoms with Gasteiger partial charge in [0.1, 0.15) is 9.75 Å². The summed E-state index contributed by atoms with van der Waals surface area (Å²) in [6.07, 6.45) is 1.83. The number of hydrogen-bond donors (Lipinski definition) is 1. The molecular weight excluding hydrogens is 244 g/mol. The van der Waals surface area contributed by atoms with Crippen LogP contribution in [0, 0.1) is 17.2 Å². The molecule has 0 amide bonds. The Kier molecular flexibility index (Phi) is 2.78. The molecule has 1 atom stereocenters. The van der Waals surface area contributed by atoms with Gasteiger partial charge in [-0.15, -0.1) is 11.3 Å². The molecule has 0 bridgehead atoms. The van der Waals surface area contributed by atoms with E-state index in [1.807, 2.05) is 0 Å². The van der Waals surface area contributed by atoms with E-state index >= 15 is 0 Å². The van der Waals surface area contributed by atoms with Gasteiger partial charge in [0.15, 0.2) is 0 Å². The predicted octanol–water partition coefficient (Wildman–Crippen LogP) is 1.72. The predicted molar refractivity (Wildman–Crippen MR) is 61.4 cm³/mol. The maximum atomic E-state index is 11.9. The van der Waals surface area contributed by atoms with Gasteiger partial charge in [0.25, 0.3) is 10.0 Å². The topological polar surface area (TPSA) is 70.0 Å². The van der Waals surface area contributed by atoms with Crippen molar-refractivity contribution in [3.8, 4) is 6.07 Å². The van der Waals surface area contributed by atoms with Crippen molar-refractivity contribution >= 4 is 21.4 Å². The van der Waals surface area contributed by atoms with Crippen LogP contribution in [0.2, 0.25) is 0 Å². The molecule has 2 rings (SSSR count). The molecule has 6 heteroatoms. The summed E-state index contributed by atoms with van der Waals surface area (Å²) >= 11 is 1.15. The summed E-state index contributed by atoms with van der Waals surface area (Å²) in [5.74, 6) is 0.146. The lowest BCUT2D eigenvalue weighted by molar-refractivity contribution is 0.459. The SMILES string of the molecule is C[C@@](C#N)(NS(=O)(=O)c1cccs1)C1CC1. The van der Waals surface area contributed by atoms with Crippen LogP contribution in [0.1, 0.15) is 19.8 Å². The van der Waals surface area contributed by atoms with Gasteiger partial charge < -0.3 is 0 Å². The van der Waals surface area contributed by atoms with Crippen molar-refractivity contribution in [1.82, 2.24) is 4.72 Å². The molecule has 4 nitrogen and oxygen atoms in total. The summed E-state index contributed by atoms with van der Waals surface area (Å²) in [5, 5.41) is 10.8. The summed E-state index contributed by atoms with van der Waals surface area (Å²) in [7, 11) is -3.55. The van der Waals surface area contributed by atoms with Crippen molar-refractivity contribution in [3.63, 3.8) is 0 Å². The number of nitriles is 1. The van der Waals surface area contributed by atoms with Crippen molar-refractivity contribution in [3.05, 3.63) is 17.5 Å². The normalized spacial score (nSPS) is 20.0. The van der Waals surface area contributed by atoms with Crippen LogP contribution in [0.3, 0.4) is 0 Å². The third-order valence-electron chi connectivity index (χ3n) is 2.73. The van der Waals surface area contributed by atoms with E-state index in [0.717, 1.165) is 24.2 Å². The first-order valence-electron chi connectivity index (χ1n) is 4.97. The second-order valence-electron chi connectivity index (χ2n) is 4.13. The first-order valence-corrected chi connectivity index (χ1v) is 7.33.